The molecule has 4 saturated carbocycles. The number of sulfonamides is 1. The average Bonchev–Trinajstić information content (AvgIpc) is 3.57. The van der Waals surface area contributed by atoms with E-state index in [-0.39, 0.29) is 19.0 Å². The fourth-order valence-electron chi connectivity index (χ4n) is 4.40. The van der Waals surface area contributed by atoms with Crippen molar-refractivity contribution >= 4 is 26.8 Å². The zero-order valence-corrected chi connectivity index (χ0v) is 18.1. The van der Waals surface area contributed by atoms with Crippen molar-refractivity contribution in [1.29, 1.82) is 0 Å². The van der Waals surface area contributed by atoms with E-state index in [1.54, 1.807) is 0 Å². The van der Waals surface area contributed by atoms with Crippen LogP contribution < -0.4 is 21.4 Å². The highest BCUT2D eigenvalue weighted by Gasteiger charge is 2.74. The molecule has 11 heteroatoms. The van der Waals surface area contributed by atoms with Crippen molar-refractivity contribution in [3.63, 3.8) is 0 Å². The molecule has 2 aromatic rings. The Kier molecular flexibility index (Phi) is 3.95. The molecule has 2 N–H and O–H groups in total. The topological polar surface area (TPSA) is 119 Å². The summed E-state index contributed by atoms with van der Waals surface area (Å²) in [4.78, 5) is 38.7. The number of aromatic nitrogens is 2. The van der Waals surface area contributed by atoms with Crippen molar-refractivity contribution in [3.05, 3.63) is 39.0 Å². The quantitative estimate of drug-likeness (QED) is 0.608. The number of benzene rings is 1. The zero-order valence-electron chi connectivity index (χ0n) is 17.3. The molecule has 1 aromatic heterocycles. The number of nitrogens with zero attached hydrogens (tertiary/aromatic N) is 2. The molecule has 1 amide bonds. The number of fused-ring (bicyclic) bond motifs is 2. The van der Waals surface area contributed by atoms with Crippen molar-refractivity contribution < 1.29 is 20.5 Å². The van der Waals surface area contributed by atoms with Crippen LogP contribution in [0.4, 0.5) is 4.39 Å². The number of halogens is 1. The second kappa shape index (κ2) is 6.28. The van der Waals surface area contributed by atoms with E-state index in [0.717, 1.165) is 25.7 Å². The lowest BCUT2D eigenvalue weighted by molar-refractivity contribution is -0.120. The first-order chi connectivity index (χ1) is 15.2. The maximum atomic E-state index is 13.2. The van der Waals surface area contributed by atoms with Gasteiger partial charge in [-0.05, 0) is 68.6 Å². The zero-order chi connectivity index (χ0) is 22.5. The second-order valence-electron chi connectivity index (χ2n) is 9.88. The Labute approximate surface area is 185 Å². The molecule has 4 fully saturated rings. The normalized spacial score (nSPS) is 27.1. The molecule has 6 rings (SSSR count). The highest BCUT2D eigenvalue weighted by atomic mass is 32.2. The van der Waals surface area contributed by atoms with Gasteiger partial charge in [0.05, 0.1) is 26.8 Å². The van der Waals surface area contributed by atoms with Gasteiger partial charge in [-0.3, -0.25) is 19.6 Å². The highest BCUT2D eigenvalue weighted by molar-refractivity contribution is 7.89. The summed E-state index contributed by atoms with van der Waals surface area (Å²) < 4.78 is 43.4. The molecule has 174 valence electrons. The smallest absolute Gasteiger partial charge is 0.291 e. The number of hydrogen-bond donors (Lipinski definition) is 2. The number of carbonyl (C=O) groups is 1. The van der Waals surface area contributed by atoms with Crippen molar-refractivity contribution in [3.8, 4) is 0 Å². The van der Waals surface area contributed by atoms with E-state index >= 15 is 0 Å². The van der Waals surface area contributed by atoms with Crippen molar-refractivity contribution in [2.45, 2.75) is 55.5 Å². The third-order valence-electron chi connectivity index (χ3n) is 7.37. The van der Waals surface area contributed by atoms with Crippen molar-refractivity contribution in [2.75, 3.05) is 12.1 Å². The first-order valence-corrected chi connectivity index (χ1v) is 12.4. The third-order valence-corrected chi connectivity index (χ3v) is 8.95. The fourth-order valence-corrected chi connectivity index (χ4v) is 5.86. The number of amides is 1. The van der Waals surface area contributed by atoms with E-state index in [1.165, 1.54) is 22.8 Å². The Hall–Kier alpha value is -2.53. The minimum atomic E-state index is -4.06. The van der Waals surface area contributed by atoms with E-state index in [0.29, 0.717) is 41.4 Å². The molecular weight excluding hydrogens is 439 g/mol. The van der Waals surface area contributed by atoms with Crippen LogP contribution in [0.25, 0.3) is 10.9 Å². The lowest BCUT2D eigenvalue weighted by Crippen LogP contribution is -2.48. The lowest BCUT2D eigenvalue weighted by atomic mass is 10.2. The van der Waals surface area contributed by atoms with Gasteiger partial charge in [-0.2, -0.15) is 4.68 Å². The number of rotatable bonds is 8. The molecule has 0 unspecified atom stereocenters. The molecule has 4 aliphatic rings. The van der Waals surface area contributed by atoms with Gasteiger partial charge in [0, 0.05) is 9.40 Å². The van der Waals surface area contributed by atoms with Gasteiger partial charge in [0.25, 0.3) is 5.56 Å². The first-order valence-electron chi connectivity index (χ1n) is 10.9. The molecule has 0 aliphatic heterocycles. The minimum Gasteiger partial charge on any atom is -0.291 e. The summed E-state index contributed by atoms with van der Waals surface area (Å²) in [6, 6.07) is 3.96. The van der Waals surface area contributed by atoms with E-state index in [2.05, 4.69) is 10.1 Å². The lowest BCUT2D eigenvalue weighted by Gasteiger charge is -2.17. The van der Waals surface area contributed by atoms with Crippen molar-refractivity contribution in [1.82, 2.24) is 14.0 Å². The van der Waals surface area contributed by atoms with Gasteiger partial charge in [0.15, 0.2) is 0 Å². The summed E-state index contributed by atoms with van der Waals surface area (Å²) in [5.41, 5.74) is -0.130. The first kappa shape index (κ1) is 20.1. The maximum absolute atomic E-state index is 13.2. The van der Waals surface area contributed by atoms with Crippen LogP contribution in [0.2, 0.25) is 0 Å². The number of alkyl halides is 1. The van der Waals surface area contributed by atoms with E-state index in [4.69, 9.17) is 0 Å². The molecule has 4 aliphatic carbocycles. The van der Waals surface area contributed by atoms with Gasteiger partial charge in [-0.25, -0.2) is 22.3 Å². The van der Waals surface area contributed by atoms with Crippen LogP contribution >= 0.6 is 0 Å². The highest BCUT2D eigenvalue weighted by Crippen LogP contribution is 2.75. The van der Waals surface area contributed by atoms with Crippen LogP contribution in [0.5, 0.6) is 0 Å². The van der Waals surface area contributed by atoms with Crippen LogP contribution in [-0.2, 0) is 21.4 Å². The molecule has 0 radical (unpaired) electrons. The fraction of sp³-hybridized carbons (Fsp3) is 0.571. The van der Waals surface area contributed by atoms with Crippen LogP contribution in [0.15, 0.2) is 32.7 Å². The molecule has 0 spiro atoms. The molecule has 1 heterocycles. The van der Waals surface area contributed by atoms with Crippen LogP contribution in [-0.4, -0.2) is 35.8 Å². The number of nitrogens with one attached hydrogen (secondary N) is 2. The van der Waals surface area contributed by atoms with Gasteiger partial charge in [-0.15, -0.1) is 0 Å². The Morgan fingerprint density at radius 1 is 1.22 bits per heavy atom. The van der Waals surface area contributed by atoms with Gasteiger partial charge < -0.3 is 0 Å². The monoisotopic (exact) mass is 466 g/mol. The summed E-state index contributed by atoms with van der Waals surface area (Å²) in [5, 5.41) is 0.0131. The Balaban J connectivity index is 0.00000137. The van der Waals surface area contributed by atoms with Gasteiger partial charge in [0.1, 0.15) is 6.67 Å². The third kappa shape index (κ3) is 3.05. The van der Waals surface area contributed by atoms with Gasteiger partial charge >= 0.3 is 5.69 Å². The molecule has 32 heavy (non-hydrogen) atoms. The number of hydrogen-bond acceptors (Lipinski definition) is 5. The molecule has 1 aromatic carbocycles. The molecule has 0 bridgehead atoms. The Bertz CT molecular complexity index is 1410. The minimum absolute atomic E-state index is 0. The van der Waals surface area contributed by atoms with Crippen LogP contribution in [0, 0.1) is 17.3 Å². The molecule has 0 saturated heterocycles. The molecule has 0 atom stereocenters. The summed E-state index contributed by atoms with van der Waals surface area (Å²) in [6.07, 6.45) is 4.29. The van der Waals surface area contributed by atoms with Gasteiger partial charge in [-0.1, -0.05) is 0 Å². The Morgan fingerprint density at radius 3 is 2.47 bits per heavy atom. The number of carbonyl (C=O) groups excluding carboxylic acids is 1. The predicted octanol–water partition coefficient (Wildman–Crippen LogP) is 1.33. The average molecular weight is 467 g/mol. The second-order valence-corrected chi connectivity index (χ2v) is 11.6. The van der Waals surface area contributed by atoms with Gasteiger partial charge in [0.2, 0.25) is 15.9 Å². The summed E-state index contributed by atoms with van der Waals surface area (Å²) >= 11 is 0. The van der Waals surface area contributed by atoms with E-state index < -0.39 is 38.9 Å². The maximum Gasteiger partial charge on any atom is 0.350 e. The SMILES string of the molecule is O=C(Nn1c(=O)c2cc(S(=O)(=O)NC3(CF)CC3)ccc2n(CC2CC2)c1=O)C12CC1C2.[HH].[HH]. The molecular formula is C21H27FN4O5S. The largest absolute Gasteiger partial charge is 0.350 e. The van der Waals surface area contributed by atoms with Crippen molar-refractivity contribution in [2.24, 2.45) is 17.3 Å². The molecule has 9 nitrogen and oxygen atoms in total. The Morgan fingerprint density at radius 2 is 1.91 bits per heavy atom. The summed E-state index contributed by atoms with van der Waals surface area (Å²) in [6.45, 7) is -0.420. The van der Waals surface area contributed by atoms with Crippen LogP contribution in [0.3, 0.4) is 0 Å². The van der Waals surface area contributed by atoms with E-state index in [1.807, 2.05) is 0 Å². The summed E-state index contributed by atoms with van der Waals surface area (Å²) in [5.74, 6) is 0.292. The van der Waals surface area contributed by atoms with Crippen LogP contribution in [0.1, 0.15) is 41.4 Å². The van der Waals surface area contributed by atoms with E-state index in [9.17, 15) is 27.2 Å². The standard InChI is InChI=1S/C21H23FN4O5S.2H2/c22-11-20(5-6-20)24-32(30,31)14-3-4-16-15(7-14)17(27)26(19(29)25(16)10-12-1-2-12)23-18(28)21-8-13(21)9-21;;/h3-4,7,12-13,24H,1-2,5-6,8-11H2,(H,23,28);2*1H. The predicted molar refractivity (Wildman–Crippen MR) is 117 cm³/mol. The summed E-state index contributed by atoms with van der Waals surface area (Å²) in [7, 11) is -4.06.